The van der Waals surface area contributed by atoms with Gasteiger partial charge in [0.25, 0.3) is 5.91 Å². The van der Waals surface area contributed by atoms with E-state index in [9.17, 15) is 27.6 Å². The van der Waals surface area contributed by atoms with E-state index in [-0.39, 0.29) is 50.7 Å². The van der Waals surface area contributed by atoms with E-state index in [2.05, 4.69) is 5.16 Å². The van der Waals surface area contributed by atoms with Gasteiger partial charge in [-0.1, -0.05) is 5.16 Å². The number of alkyl halides is 3. The van der Waals surface area contributed by atoms with Crippen LogP contribution in [-0.4, -0.2) is 82.5 Å². The maximum atomic E-state index is 12.7. The second-order valence-electron chi connectivity index (χ2n) is 6.59. The van der Waals surface area contributed by atoms with Crippen LogP contribution in [0.25, 0.3) is 0 Å². The number of aryl methyl sites for hydroxylation is 1. The van der Waals surface area contributed by atoms with Gasteiger partial charge in [0, 0.05) is 38.8 Å². The van der Waals surface area contributed by atoms with E-state index < -0.39 is 24.0 Å². The molecule has 27 heavy (non-hydrogen) atoms. The number of aromatic nitrogens is 1. The van der Waals surface area contributed by atoms with Crippen molar-refractivity contribution in [3.05, 3.63) is 17.5 Å². The fourth-order valence-electron chi connectivity index (χ4n) is 3.40. The van der Waals surface area contributed by atoms with Crippen LogP contribution in [0.1, 0.15) is 29.1 Å². The Hall–Kier alpha value is -2.59. The summed E-state index contributed by atoms with van der Waals surface area (Å²) in [6.45, 7) is 2.42. The smallest absolute Gasteiger partial charge is 0.361 e. The van der Waals surface area contributed by atoms with Gasteiger partial charge in [-0.15, -0.1) is 0 Å². The number of carbonyl (C=O) groups excluding carboxylic acids is 3. The standard InChI is InChI=1S/C16H19F3N4O4/c1-10-9-11(20-27-10)13(24)21-5-7-22(8-6-21)14(25)12-3-2-4-23(12)15(26)16(17,18)19/h9,12H,2-8H2,1H3. The molecule has 2 aliphatic rings. The summed E-state index contributed by atoms with van der Waals surface area (Å²) in [6, 6.07) is 0.415. The van der Waals surface area contributed by atoms with E-state index in [1.165, 1.54) is 15.9 Å². The minimum atomic E-state index is -5.00. The molecular formula is C16H19F3N4O4. The number of halogens is 3. The fourth-order valence-corrected chi connectivity index (χ4v) is 3.40. The molecule has 0 radical (unpaired) electrons. The third kappa shape index (κ3) is 3.91. The lowest BCUT2D eigenvalue weighted by molar-refractivity contribution is -0.187. The Bertz CT molecular complexity index is 740. The number of nitrogens with zero attached hydrogens (tertiary/aromatic N) is 4. The maximum Gasteiger partial charge on any atom is 0.471 e. The first-order valence-electron chi connectivity index (χ1n) is 8.57. The molecule has 0 N–H and O–H groups in total. The SMILES string of the molecule is Cc1cc(C(=O)N2CCN(C(=O)C3CCCN3C(=O)C(F)(F)F)CC2)no1. The number of piperazine rings is 1. The summed E-state index contributed by atoms with van der Waals surface area (Å²) in [5.74, 6) is -2.31. The van der Waals surface area contributed by atoms with Crippen molar-refractivity contribution >= 4 is 17.7 Å². The minimum absolute atomic E-state index is 0.0846. The predicted molar refractivity (Wildman–Crippen MR) is 84.5 cm³/mol. The third-order valence-corrected chi connectivity index (χ3v) is 4.77. The molecule has 1 atom stereocenters. The number of amides is 3. The van der Waals surface area contributed by atoms with Crippen molar-refractivity contribution in [1.82, 2.24) is 19.9 Å². The topological polar surface area (TPSA) is 87.0 Å². The Morgan fingerprint density at radius 1 is 1.11 bits per heavy atom. The third-order valence-electron chi connectivity index (χ3n) is 4.77. The van der Waals surface area contributed by atoms with Crippen molar-refractivity contribution in [3.63, 3.8) is 0 Å². The van der Waals surface area contributed by atoms with Gasteiger partial charge in [-0.3, -0.25) is 14.4 Å². The predicted octanol–water partition coefficient (Wildman–Crippen LogP) is 0.821. The van der Waals surface area contributed by atoms with E-state index in [1.807, 2.05) is 0 Å². The Morgan fingerprint density at radius 3 is 2.30 bits per heavy atom. The molecule has 1 aromatic heterocycles. The molecule has 0 aromatic carbocycles. The molecule has 11 heteroatoms. The van der Waals surface area contributed by atoms with Crippen LogP contribution < -0.4 is 0 Å². The highest BCUT2D eigenvalue weighted by atomic mass is 19.4. The lowest BCUT2D eigenvalue weighted by Crippen LogP contribution is -2.56. The van der Waals surface area contributed by atoms with Gasteiger partial charge in [0.2, 0.25) is 5.91 Å². The molecule has 2 saturated heterocycles. The Morgan fingerprint density at radius 2 is 1.74 bits per heavy atom. The molecule has 0 aliphatic carbocycles. The average Bonchev–Trinajstić information content (AvgIpc) is 3.28. The zero-order valence-corrected chi connectivity index (χ0v) is 14.7. The van der Waals surface area contributed by atoms with Gasteiger partial charge in [-0.25, -0.2) is 0 Å². The first-order chi connectivity index (χ1) is 12.7. The molecule has 3 heterocycles. The van der Waals surface area contributed by atoms with Crippen molar-refractivity contribution in [3.8, 4) is 0 Å². The second-order valence-corrected chi connectivity index (χ2v) is 6.59. The van der Waals surface area contributed by atoms with E-state index in [4.69, 9.17) is 4.52 Å². The van der Waals surface area contributed by atoms with Crippen molar-refractivity contribution in [2.45, 2.75) is 32.0 Å². The lowest BCUT2D eigenvalue weighted by atomic mass is 10.1. The molecule has 3 rings (SSSR count). The zero-order valence-electron chi connectivity index (χ0n) is 14.7. The Labute approximate surface area is 152 Å². The average molecular weight is 388 g/mol. The highest BCUT2D eigenvalue weighted by Gasteiger charge is 2.48. The molecule has 2 aliphatic heterocycles. The second kappa shape index (κ2) is 7.20. The van der Waals surface area contributed by atoms with Gasteiger partial charge >= 0.3 is 12.1 Å². The van der Waals surface area contributed by atoms with Gasteiger partial charge in [0.15, 0.2) is 5.69 Å². The molecule has 1 aromatic rings. The van der Waals surface area contributed by atoms with Crippen molar-refractivity contribution in [1.29, 1.82) is 0 Å². The van der Waals surface area contributed by atoms with Crippen molar-refractivity contribution in [2.24, 2.45) is 0 Å². The quantitative estimate of drug-likeness (QED) is 0.749. The number of hydrogen-bond donors (Lipinski definition) is 0. The van der Waals surface area contributed by atoms with Gasteiger partial charge in [0.05, 0.1) is 0 Å². The monoisotopic (exact) mass is 388 g/mol. The van der Waals surface area contributed by atoms with Crippen molar-refractivity contribution in [2.75, 3.05) is 32.7 Å². The molecule has 148 valence electrons. The molecule has 0 saturated carbocycles. The van der Waals surface area contributed by atoms with Gasteiger partial charge in [0.1, 0.15) is 11.8 Å². The lowest BCUT2D eigenvalue weighted by Gasteiger charge is -2.37. The Kier molecular flexibility index (Phi) is 5.11. The number of likely N-dealkylation sites (tertiary alicyclic amines) is 1. The summed E-state index contributed by atoms with van der Waals surface area (Å²) in [5.41, 5.74) is 0.171. The number of carbonyl (C=O) groups is 3. The largest absolute Gasteiger partial charge is 0.471 e. The van der Waals surface area contributed by atoms with E-state index >= 15 is 0 Å². The maximum absolute atomic E-state index is 12.7. The molecule has 1 unspecified atom stereocenters. The summed E-state index contributed by atoms with van der Waals surface area (Å²) >= 11 is 0. The molecule has 3 amide bonds. The summed E-state index contributed by atoms with van der Waals surface area (Å²) in [7, 11) is 0. The first kappa shape index (κ1) is 19.2. The summed E-state index contributed by atoms with van der Waals surface area (Å²) < 4.78 is 43.0. The van der Waals surface area contributed by atoms with E-state index in [0.717, 1.165) is 0 Å². The van der Waals surface area contributed by atoms with Crippen molar-refractivity contribution < 1.29 is 32.1 Å². The van der Waals surface area contributed by atoms with Gasteiger partial charge in [-0.2, -0.15) is 13.2 Å². The van der Waals surface area contributed by atoms with Crippen LogP contribution in [0, 0.1) is 6.92 Å². The molecule has 0 spiro atoms. The van der Waals surface area contributed by atoms with Crippen LogP contribution in [0.15, 0.2) is 10.6 Å². The zero-order chi connectivity index (χ0) is 19.8. The van der Waals surface area contributed by atoms with Gasteiger partial charge in [-0.05, 0) is 19.8 Å². The van der Waals surface area contributed by atoms with Crippen LogP contribution in [0.5, 0.6) is 0 Å². The minimum Gasteiger partial charge on any atom is -0.361 e. The first-order valence-corrected chi connectivity index (χ1v) is 8.57. The van der Waals surface area contributed by atoms with Crippen LogP contribution in [0.4, 0.5) is 13.2 Å². The van der Waals surface area contributed by atoms with Gasteiger partial charge < -0.3 is 19.2 Å². The highest BCUT2D eigenvalue weighted by Crippen LogP contribution is 2.27. The summed E-state index contributed by atoms with van der Waals surface area (Å²) in [4.78, 5) is 40.0. The normalized spacial score (nSPS) is 20.9. The van der Waals surface area contributed by atoms with E-state index in [0.29, 0.717) is 17.1 Å². The molecule has 8 nitrogen and oxygen atoms in total. The van der Waals surface area contributed by atoms with Crippen LogP contribution in [-0.2, 0) is 9.59 Å². The fraction of sp³-hybridized carbons (Fsp3) is 0.625. The summed E-state index contributed by atoms with van der Waals surface area (Å²) in [6.07, 6.45) is -4.44. The highest BCUT2D eigenvalue weighted by molar-refractivity contribution is 5.93. The molecule has 0 bridgehead atoms. The number of hydrogen-bond acceptors (Lipinski definition) is 5. The summed E-state index contributed by atoms with van der Waals surface area (Å²) in [5, 5.41) is 3.66. The molecule has 2 fully saturated rings. The molecular weight excluding hydrogens is 369 g/mol. The van der Waals surface area contributed by atoms with Crippen LogP contribution >= 0.6 is 0 Å². The van der Waals surface area contributed by atoms with Crippen LogP contribution in [0.3, 0.4) is 0 Å². The Balaban J connectivity index is 1.59. The number of rotatable bonds is 2. The van der Waals surface area contributed by atoms with E-state index in [1.54, 1.807) is 6.92 Å². The van der Waals surface area contributed by atoms with Crippen LogP contribution in [0.2, 0.25) is 0 Å².